The van der Waals surface area contributed by atoms with Crippen LogP contribution in [0.4, 0.5) is 0 Å². The number of benzene rings is 5. The molecule has 5 rings (SSSR count). The second-order valence-electron chi connectivity index (χ2n) is 31.4. The molecule has 6 nitrogen and oxygen atoms in total. The van der Waals surface area contributed by atoms with Crippen LogP contribution < -0.4 is 16.2 Å². The van der Waals surface area contributed by atoms with Crippen LogP contribution in [0.5, 0.6) is 17.2 Å². The van der Waals surface area contributed by atoms with Crippen molar-refractivity contribution in [2.75, 3.05) is 19.9 Å². The normalized spacial score (nSPS) is 13.5. The summed E-state index contributed by atoms with van der Waals surface area (Å²) in [5.41, 5.74) is 22.9. The molecule has 0 bridgehead atoms. The lowest BCUT2D eigenvalue weighted by atomic mass is 9.77. The molecule has 6 N–H and O–H groups in total. The first-order valence-electron chi connectivity index (χ1n) is 30.1. The van der Waals surface area contributed by atoms with Gasteiger partial charge in [-0.1, -0.05) is 183 Å². The third kappa shape index (κ3) is 20.2. The Bertz CT molecular complexity index is 2900. The highest BCUT2D eigenvalue weighted by molar-refractivity contribution is 8.18. The first-order chi connectivity index (χ1) is 37.5. The van der Waals surface area contributed by atoms with Crippen LogP contribution in [-0.4, -0.2) is 38.3 Å². The Labute approximate surface area is 523 Å². The minimum atomic E-state index is -0.229. The van der Waals surface area contributed by atoms with Crippen LogP contribution in [-0.2, 0) is 54.7 Å². The highest BCUT2D eigenvalue weighted by Gasteiger charge is 2.36. The van der Waals surface area contributed by atoms with E-state index < -0.39 is 0 Å². The summed E-state index contributed by atoms with van der Waals surface area (Å²) >= 11 is 7.52. The molecule has 0 saturated heterocycles. The second kappa shape index (κ2) is 27.0. The molecule has 0 fully saturated rings. The maximum atomic E-state index is 11.3. The van der Waals surface area contributed by atoms with Crippen molar-refractivity contribution in [1.82, 2.24) is 0 Å². The molecule has 0 spiro atoms. The van der Waals surface area contributed by atoms with Gasteiger partial charge in [0.2, 0.25) is 0 Å². The summed E-state index contributed by atoms with van der Waals surface area (Å²) in [6.07, 6.45) is 1.66. The predicted molar refractivity (Wildman–Crippen MR) is 368 cm³/mol. The van der Waals surface area contributed by atoms with Gasteiger partial charge in [0, 0.05) is 53.0 Å². The molecule has 5 aromatic rings. The largest absolute Gasteiger partial charge is 0.507 e. The molecule has 0 aliphatic rings. The Morgan fingerprint density at radius 1 is 0.386 bits per heavy atom. The molecule has 462 valence electrons. The van der Waals surface area contributed by atoms with Crippen molar-refractivity contribution in [3.8, 4) is 17.2 Å². The van der Waals surface area contributed by atoms with Crippen LogP contribution in [0.3, 0.4) is 0 Å². The first kappa shape index (κ1) is 72.3. The van der Waals surface area contributed by atoms with E-state index in [4.69, 9.17) is 20.9 Å². The Morgan fingerprint density at radius 2 is 0.675 bits per heavy atom. The van der Waals surface area contributed by atoms with Crippen LogP contribution in [0.1, 0.15) is 248 Å². The van der Waals surface area contributed by atoms with E-state index in [1.807, 2.05) is 65.2 Å². The lowest BCUT2D eigenvalue weighted by molar-refractivity contribution is 0.00303. The van der Waals surface area contributed by atoms with Gasteiger partial charge in [-0.25, -0.2) is 0 Å². The molecule has 83 heavy (non-hydrogen) atoms. The van der Waals surface area contributed by atoms with E-state index in [1.165, 1.54) is 37.6 Å². The maximum Gasteiger partial charge on any atom is 0.189 e. The van der Waals surface area contributed by atoms with Gasteiger partial charge in [0.15, 0.2) is 6.79 Å². The fraction of sp³-hybridized carbons (Fsp3) is 0.589. The molecule has 0 atom stereocenters. The molecule has 0 amide bonds. The van der Waals surface area contributed by atoms with Gasteiger partial charge in [0.05, 0.1) is 14.8 Å². The number of hydrogen-bond donors (Lipinski definition) is 4. The number of phenols is 2. The molecule has 0 aliphatic carbocycles. The quantitative estimate of drug-likeness (QED) is 0.0362. The number of phenolic OH excluding ortho intramolecular Hbond substituents is 2. The monoisotopic (exact) mass is 1210 g/mol. The molecule has 0 radical (unpaired) electrons. The van der Waals surface area contributed by atoms with Crippen molar-refractivity contribution in [2.45, 2.75) is 277 Å². The molecule has 0 saturated carbocycles. The Balaban J connectivity index is 0.000000365. The van der Waals surface area contributed by atoms with E-state index in [-0.39, 0.29) is 58.3 Å². The van der Waals surface area contributed by atoms with Gasteiger partial charge in [-0.05, 0) is 175 Å². The van der Waals surface area contributed by atoms with Crippen molar-refractivity contribution in [2.24, 2.45) is 11.5 Å². The summed E-state index contributed by atoms with van der Waals surface area (Å²) in [7, 11) is 0. The van der Waals surface area contributed by atoms with Gasteiger partial charge in [-0.3, -0.25) is 0 Å². The zero-order valence-electron chi connectivity index (χ0n) is 56.7. The average Bonchev–Trinajstić information content (AvgIpc) is 1.94. The zero-order chi connectivity index (χ0) is 63.5. The molecular formula is C73H112N2O4S4. The lowest BCUT2D eigenvalue weighted by Crippen LogP contribution is -2.25. The predicted octanol–water partition coefficient (Wildman–Crippen LogP) is 20.9. The number of thioether (sulfide) groups is 4. The first-order valence-corrected chi connectivity index (χ1v) is 33.3. The molecule has 0 unspecified atom stereocenters. The van der Waals surface area contributed by atoms with Gasteiger partial charge in [0.25, 0.3) is 0 Å². The Hall–Kier alpha value is -3.22. The molecule has 0 aliphatic heterocycles. The topological polar surface area (TPSA) is 111 Å². The maximum absolute atomic E-state index is 11.3. The molecular weight excluding hydrogens is 1100 g/mol. The summed E-state index contributed by atoms with van der Waals surface area (Å²) in [6, 6.07) is 28.4. The van der Waals surface area contributed by atoms with Crippen LogP contribution >= 0.6 is 47.0 Å². The van der Waals surface area contributed by atoms with Crippen molar-refractivity contribution in [1.29, 1.82) is 0 Å². The number of rotatable bonds is 19. The smallest absolute Gasteiger partial charge is 0.189 e. The van der Waals surface area contributed by atoms with E-state index >= 15 is 0 Å². The number of ether oxygens (including phenoxy) is 2. The summed E-state index contributed by atoms with van der Waals surface area (Å²) in [5, 5.41) is 22.5. The minimum absolute atomic E-state index is 0.0731. The summed E-state index contributed by atoms with van der Waals surface area (Å²) < 4.78 is 12.3. The van der Waals surface area contributed by atoms with Gasteiger partial charge in [-0.15, -0.1) is 47.0 Å². The minimum Gasteiger partial charge on any atom is -0.507 e. The number of hydrogen-bond acceptors (Lipinski definition) is 10. The van der Waals surface area contributed by atoms with E-state index in [9.17, 15) is 10.2 Å². The standard InChI is InChI=1S/C41H61NO2S2.C32H51NO2S2/c1-28-32(37(2,3)4)22-30(23-33(28)38(5,6)7)45-41(13,14)46-31-24-34(39(8,9)10)36(35(25-31)40(11,12)20-21-42)44-27-43-26-29-18-16-15-17-19-29;1-28(2,3)22-16-20(17-23(26(22)34)29(4,5)6)36-32(12,13)37-21-18-24(30(7,8)9)27(35)25(19-21)31(10,11)14-15-33/h15-19,22-25H,20-21,26-27,42H2,1-14H3;16-19,34-35H,14-15,33H2,1-13H3. The van der Waals surface area contributed by atoms with E-state index in [1.54, 1.807) is 0 Å². The molecule has 5 aromatic carbocycles. The van der Waals surface area contributed by atoms with E-state index in [0.29, 0.717) is 31.2 Å². The fourth-order valence-corrected chi connectivity index (χ4v) is 15.9. The van der Waals surface area contributed by atoms with E-state index in [2.05, 4.69) is 248 Å². The summed E-state index contributed by atoms with van der Waals surface area (Å²) in [4.78, 5) is 4.88. The third-order valence-corrected chi connectivity index (χ3v) is 20.2. The fourth-order valence-electron chi connectivity index (χ4n) is 10.7. The zero-order valence-corrected chi connectivity index (χ0v) is 60.0. The highest BCUT2D eigenvalue weighted by Crippen LogP contribution is 2.53. The average molecular weight is 1210 g/mol. The molecule has 0 heterocycles. The summed E-state index contributed by atoms with van der Waals surface area (Å²) in [5.74, 6) is 1.73. The van der Waals surface area contributed by atoms with Crippen molar-refractivity contribution in [3.63, 3.8) is 0 Å². The van der Waals surface area contributed by atoms with Gasteiger partial charge in [-0.2, -0.15) is 0 Å². The van der Waals surface area contributed by atoms with Crippen molar-refractivity contribution < 1.29 is 19.7 Å². The lowest BCUT2D eigenvalue weighted by Gasteiger charge is -2.34. The summed E-state index contributed by atoms with van der Waals surface area (Å²) in [6.45, 7) is 62.3. The highest BCUT2D eigenvalue weighted by atomic mass is 32.2. The van der Waals surface area contributed by atoms with Crippen molar-refractivity contribution >= 4 is 47.0 Å². The molecule has 10 heteroatoms. The van der Waals surface area contributed by atoms with Gasteiger partial charge >= 0.3 is 0 Å². The second-order valence-corrected chi connectivity index (χ2v) is 38.7. The van der Waals surface area contributed by atoms with Crippen molar-refractivity contribution in [3.05, 3.63) is 134 Å². The van der Waals surface area contributed by atoms with Gasteiger partial charge in [0.1, 0.15) is 17.2 Å². The third-order valence-electron chi connectivity index (χ3n) is 15.3. The van der Waals surface area contributed by atoms with Crippen LogP contribution in [0.15, 0.2) is 98.4 Å². The van der Waals surface area contributed by atoms with Gasteiger partial charge < -0.3 is 31.2 Å². The Morgan fingerprint density at radius 3 is 1.01 bits per heavy atom. The van der Waals surface area contributed by atoms with Crippen LogP contribution in [0.25, 0.3) is 0 Å². The number of nitrogens with two attached hydrogens (primary N) is 2. The number of aromatic hydroxyl groups is 2. The van der Waals surface area contributed by atoms with Crippen LogP contribution in [0, 0.1) is 6.92 Å². The Kier molecular flexibility index (Phi) is 23.5. The van der Waals surface area contributed by atoms with Crippen LogP contribution in [0.2, 0.25) is 0 Å². The SMILES string of the molecule is CC(C)(Sc1cc(C(C)(C)C)c(O)c(C(C)(C)C)c1)Sc1cc(C(C)(C)C)c(O)c(C(C)(C)CCN)c1.Cc1c(C(C)(C)C)cc(SC(C)(C)Sc2cc(C(C)(C)C)c(OCOCc3ccccc3)c(C(C)(C)CCN)c2)cc1C(C)(C)C. The molecule has 0 aromatic heterocycles. The van der Waals surface area contributed by atoms with E-state index in [0.717, 1.165) is 56.2 Å².